The number of rotatable bonds is 6. The fourth-order valence-electron chi connectivity index (χ4n) is 3.62. The van der Waals surface area contributed by atoms with Crippen LogP contribution in [0.1, 0.15) is 25.2 Å². The molecular formula is C21H21N9. The molecule has 4 aromatic rings. The quantitative estimate of drug-likeness (QED) is 0.508. The van der Waals surface area contributed by atoms with Crippen molar-refractivity contribution in [3.63, 3.8) is 0 Å². The highest BCUT2D eigenvalue weighted by atomic mass is 15.2. The molecule has 0 aliphatic rings. The van der Waals surface area contributed by atoms with E-state index in [1.807, 2.05) is 41.0 Å². The molecule has 3 aromatic heterocycles. The van der Waals surface area contributed by atoms with E-state index in [2.05, 4.69) is 38.7 Å². The highest BCUT2D eigenvalue weighted by Crippen LogP contribution is 2.35. The number of aromatic nitrogens is 5. The largest absolute Gasteiger partial charge is 0.384 e. The van der Waals surface area contributed by atoms with Gasteiger partial charge in [0.15, 0.2) is 17.0 Å². The number of para-hydroxylation sites is 2. The number of nitriles is 2. The lowest BCUT2D eigenvalue weighted by Crippen LogP contribution is -2.27. The van der Waals surface area contributed by atoms with Crippen LogP contribution in [-0.4, -0.2) is 49.0 Å². The van der Waals surface area contributed by atoms with Crippen LogP contribution in [0.3, 0.4) is 0 Å². The van der Waals surface area contributed by atoms with Crippen LogP contribution in [0.2, 0.25) is 0 Å². The number of fused-ring (bicyclic) bond motifs is 2. The Bertz CT molecular complexity index is 1280. The number of likely N-dealkylation sites (N-methyl/N-ethyl adjacent to an activating group) is 1. The van der Waals surface area contributed by atoms with Crippen molar-refractivity contribution in [2.45, 2.75) is 20.4 Å². The summed E-state index contributed by atoms with van der Waals surface area (Å²) in [4.78, 5) is 19.1. The number of imidazole rings is 1. The molecule has 0 fully saturated rings. The molecule has 0 bridgehead atoms. The average Bonchev–Trinajstić information content (AvgIpc) is 3.31. The first-order chi connectivity index (χ1) is 14.6. The third kappa shape index (κ3) is 3.11. The number of nitrogens with one attached hydrogen (secondary N) is 1. The van der Waals surface area contributed by atoms with Gasteiger partial charge in [0.2, 0.25) is 0 Å². The highest BCUT2D eigenvalue weighted by molar-refractivity contribution is 5.98. The summed E-state index contributed by atoms with van der Waals surface area (Å²) in [5.41, 5.74) is 9.73. The number of nitrogens with zero attached hydrogens (tertiary/aromatic N) is 7. The van der Waals surface area contributed by atoms with Gasteiger partial charge in [-0.05, 0) is 25.2 Å². The predicted molar refractivity (Wildman–Crippen MR) is 114 cm³/mol. The Kier molecular flexibility index (Phi) is 5.05. The SMILES string of the molecule is CCN(CC)CCn1c(N)c(-c2nc3ccccc3[nH]2)c2nc(C#N)c(C#N)nc21. The van der Waals surface area contributed by atoms with Crippen molar-refractivity contribution in [2.24, 2.45) is 0 Å². The second-order valence-electron chi connectivity index (χ2n) is 6.86. The molecule has 0 amide bonds. The number of H-pyrrole nitrogens is 1. The summed E-state index contributed by atoms with van der Waals surface area (Å²) in [5.74, 6) is 1.01. The number of nitrogen functional groups attached to an aromatic ring is 1. The lowest BCUT2D eigenvalue weighted by molar-refractivity contribution is 0.292. The van der Waals surface area contributed by atoms with Crippen molar-refractivity contribution in [3.8, 4) is 23.5 Å². The molecule has 0 atom stereocenters. The molecule has 1 aromatic carbocycles. The monoisotopic (exact) mass is 399 g/mol. The van der Waals surface area contributed by atoms with Crippen molar-refractivity contribution >= 4 is 28.0 Å². The maximum atomic E-state index is 9.43. The summed E-state index contributed by atoms with van der Waals surface area (Å²) in [6.07, 6.45) is 0. The van der Waals surface area contributed by atoms with Crippen LogP contribution in [-0.2, 0) is 6.54 Å². The molecule has 3 heterocycles. The average molecular weight is 399 g/mol. The Hall–Kier alpha value is -3.95. The smallest absolute Gasteiger partial charge is 0.179 e. The molecule has 30 heavy (non-hydrogen) atoms. The summed E-state index contributed by atoms with van der Waals surface area (Å²) in [7, 11) is 0. The van der Waals surface area contributed by atoms with Gasteiger partial charge in [0.25, 0.3) is 0 Å². The van der Waals surface area contributed by atoms with Crippen molar-refractivity contribution in [3.05, 3.63) is 35.7 Å². The van der Waals surface area contributed by atoms with Gasteiger partial charge in [0.05, 0.1) is 16.6 Å². The van der Waals surface area contributed by atoms with Crippen LogP contribution in [0.25, 0.3) is 33.6 Å². The predicted octanol–water partition coefficient (Wildman–Crippen LogP) is 2.64. The first-order valence-corrected chi connectivity index (χ1v) is 9.78. The molecule has 9 nitrogen and oxygen atoms in total. The van der Waals surface area contributed by atoms with E-state index in [0.29, 0.717) is 34.9 Å². The fraction of sp³-hybridized carbons (Fsp3) is 0.286. The second-order valence-corrected chi connectivity index (χ2v) is 6.86. The molecule has 150 valence electrons. The van der Waals surface area contributed by atoms with Crippen LogP contribution in [0, 0.1) is 22.7 Å². The zero-order valence-electron chi connectivity index (χ0n) is 16.8. The Balaban J connectivity index is 1.95. The molecule has 0 radical (unpaired) electrons. The number of benzene rings is 1. The lowest BCUT2D eigenvalue weighted by atomic mass is 10.2. The van der Waals surface area contributed by atoms with Crippen LogP contribution in [0.4, 0.5) is 5.82 Å². The number of hydrogen-bond acceptors (Lipinski definition) is 7. The second kappa shape index (κ2) is 7.82. The van der Waals surface area contributed by atoms with Gasteiger partial charge in [-0.3, -0.25) is 0 Å². The standard InChI is InChI=1S/C21H21N9/c1-3-29(4-2)9-10-30-19(24)17(20-26-13-7-5-6-8-14(13)27-20)18-21(30)28-16(12-23)15(11-22)25-18/h5-8H,3-4,9-10,24H2,1-2H3,(H,26,27). The van der Waals surface area contributed by atoms with E-state index in [0.717, 1.165) is 30.7 Å². The zero-order chi connectivity index (χ0) is 21.3. The maximum absolute atomic E-state index is 9.43. The molecule has 4 rings (SSSR count). The summed E-state index contributed by atoms with van der Waals surface area (Å²) in [6, 6.07) is 11.6. The third-order valence-electron chi connectivity index (χ3n) is 5.29. The first-order valence-electron chi connectivity index (χ1n) is 9.78. The zero-order valence-corrected chi connectivity index (χ0v) is 16.8. The Morgan fingerprint density at radius 1 is 1.07 bits per heavy atom. The van der Waals surface area contributed by atoms with Crippen molar-refractivity contribution in [2.75, 3.05) is 25.4 Å². The Morgan fingerprint density at radius 3 is 2.43 bits per heavy atom. The molecule has 0 unspecified atom stereocenters. The number of nitrogens with two attached hydrogens (primary N) is 1. The van der Waals surface area contributed by atoms with E-state index in [-0.39, 0.29) is 11.4 Å². The minimum absolute atomic E-state index is 0.0113. The Morgan fingerprint density at radius 2 is 1.77 bits per heavy atom. The van der Waals surface area contributed by atoms with Crippen LogP contribution in [0.5, 0.6) is 0 Å². The number of hydrogen-bond donors (Lipinski definition) is 2. The summed E-state index contributed by atoms with van der Waals surface area (Å²) in [6.45, 7) is 7.39. The molecule has 0 spiro atoms. The minimum Gasteiger partial charge on any atom is -0.384 e. The van der Waals surface area contributed by atoms with E-state index < -0.39 is 0 Å². The summed E-state index contributed by atoms with van der Waals surface area (Å²) >= 11 is 0. The first kappa shape index (κ1) is 19.4. The lowest BCUT2D eigenvalue weighted by Gasteiger charge is -2.19. The van der Waals surface area contributed by atoms with Gasteiger partial charge in [-0.25, -0.2) is 15.0 Å². The van der Waals surface area contributed by atoms with Crippen molar-refractivity contribution in [1.82, 2.24) is 29.4 Å². The molecule has 0 aliphatic heterocycles. The van der Waals surface area contributed by atoms with Gasteiger partial charge in [-0.15, -0.1) is 0 Å². The van der Waals surface area contributed by atoms with Crippen LogP contribution in [0.15, 0.2) is 24.3 Å². The molecule has 0 saturated carbocycles. The van der Waals surface area contributed by atoms with Crippen LogP contribution >= 0.6 is 0 Å². The van der Waals surface area contributed by atoms with E-state index in [1.165, 1.54) is 0 Å². The third-order valence-corrected chi connectivity index (χ3v) is 5.29. The van der Waals surface area contributed by atoms with E-state index >= 15 is 0 Å². The van der Waals surface area contributed by atoms with Crippen molar-refractivity contribution < 1.29 is 0 Å². The van der Waals surface area contributed by atoms with Gasteiger partial charge in [-0.2, -0.15) is 10.5 Å². The minimum atomic E-state index is -0.0248. The topological polar surface area (TPSA) is 136 Å². The van der Waals surface area contributed by atoms with Gasteiger partial charge < -0.3 is 20.2 Å². The summed E-state index contributed by atoms with van der Waals surface area (Å²) in [5, 5.41) is 18.8. The number of aromatic amines is 1. The van der Waals surface area contributed by atoms with E-state index in [1.54, 1.807) is 0 Å². The van der Waals surface area contributed by atoms with E-state index in [4.69, 9.17) is 5.73 Å². The normalized spacial score (nSPS) is 11.2. The highest BCUT2D eigenvalue weighted by Gasteiger charge is 2.24. The maximum Gasteiger partial charge on any atom is 0.179 e. The molecular weight excluding hydrogens is 378 g/mol. The van der Waals surface area contributed by atoms with Gasteiger partial charge in [-0.1, -0.05) is 26.0 Å². The van der Waals surface area contributed by atoms with Gasteiger partial charge in [0, 0.05) is 13.1 Å². The van der Waals surface area contributed by atoms with Gasteiger partial charge in [0.1, 0.15) is 29.3 Å². The van der Waals surface area contributed by atoms with Gasteiger partial charge >= 0.3 is 0 Å². The molecule has 0 saturated heterocycles. The molecule has 0 aliphatic carbocycles. The van der Waals surface area contributed by atoms with Crippen LogP contribution < -0.4 is 5.73 Å². The Labute approximate surface area is 173 Å². The number of anilines is 1. The molecule has 3 N–H and O–H groups in total. The molecule has 9 heteroatoms. The summed E-state index contributed by atoms with van der Waals surface area (Å²) < 4.78 is 1.85. The fourth-order valence-corrected chi connectivity index (χ4v) is 3.62. The van der Waals surface area contributed by atoms with Crippen molar-refractivity contribution in [1.29, 1.82) is 10.5 Å². The van der Waals surface area contributed by atoms with E-state index in [9.17, 15) is 10.5 Å².